The number of anilines is 1. The van der Waals surface area contributed by atoms with Crippen molar-refractivity contribution in [3.05, 3.63) is 35.8 Å². The van der Waals surface area contributed by atoms with Gasteiger partial charge in [-0.3, -0.25) is 4.79 Å². The van der Waals surface area contributed by atoms with E-state index in [0.29, 0.717) is 40.6 Å². The van der Waals surface area contributed by atoms with Gasteiger partial charge in [0, 0.05) is 36.8 Å². The third-order valence-corrected chi connectivity index (χ3v) is 8.68. The molecule has 9 nitrogen and oxygen atoms in total. The normalized spacial score (nSPS) is 15.0. The summed E-state index contributed by atoms with van der Waals surface area (Å²) < 4.78 is 29.2. The maximum absolute atomic E-state index is 12.9. The molecule has 0 aliphatic carbocycles. The van der Waals surface area contributed by atoms with Crippen LogP contribution in [0.25, 0.3) is 11.4 Å². The average molecular weight is 493 g/mol. The fourth-order valence-corrected chi connectivity index (χ4v) is 6.36. The summed E-state index contributed by atoms with van der Waals surface area (Å²) in [5.74, 6) is 0.659. The summed E-state index contributed by atoms with van der Waals surface area (Å²) in [5, 5.41) is 14.2. The van der Waals surface area contributed by atoms with Crippen LogP contribution in [-0.4, -0.2) is 57.2 Å². The van der Waals surface area contributed by atoms with Crippen molar-refractivity contribution in [2.45, 2.75) is 42.8 Å². The summed E-state index contributed by atoms with van der Waals surface area (Å²) >= 11 is 2.66. The monoisotopic (exact) mass is 492 g/mol. The predicted octanol–water partition coefficient (Wildman–Crippen LogP) is 3.33. The van der Waals surface area contributed by atoms with Crippen LogP contribution in [0.3, 0.4) is 0 Å². The number of piperidine rings is 1. The molecule has 1 fully saturated rings. The Balaban J connectivity index is 1.46. The van der Waals surface area contributed by atoms with E-state index in [1.54, 1.807) is 40.1 Å². The van der Waals surface area contributed by atoms with Crippen molar-refractivity contribution in [2.24, 2.45) is 0 Å². The zero-order valence-corrected chi connectivity index (χ0v) is 20.0. The van der Waals surface area contributed by atoms with Crippen molar-refractivity contribution >= 4 is 44.2 Å². The number of nitrogens with zero attached hydrogens (tertiary/aromatic N) is 5. The van der Waals surface area contributed by atoms with E-state index in [0.717, 1.165) is 24.8 Å². The summed E-state index contributed by atoms with van der Waals surface area (Å²) in [4.78, 5) is 16.5. The van der Waals surface area contributed by atoms with Crippen molar-refractivity contribution in [3.8, 4) is 11.4 Å². The highest BCUT2D eigenvalue weighted by Gasteiger charge is 2.26. The van der Waals surface area contributed by atoms with E-state index in [1.165, 1.54) is 23.1 Å². The van der Waals surface area contributed by atoms with Gasteiger partial charge in [-0.25, -0.2) is 13.4 Å². The quantitative estimate of drug-likeness (QED) is 0.480. The van der Waals surface area contributed by atoms with E-state index < -0.39 is 10.0 Å². The highest BCUT2D eigenvalue weighted by atomic mass is 32.2. The van der Waals surface area contributed by atoms with Crippen molar-refractivity contribution < 1.29 is 13.2 Å². The number of aromatic nitrogens is 4. The number of carbonyl (C=O) groups excluding carboxylic acids is 1. The van der Waals surface area contributed by atoms with E-state index >= 15 is 0 Å². The molecule has 0 bridgehead atoms. The second kappa shape index (κ2) is 10.1. The van der Waals surface area contributed by atoms with E-state index in [-0.39, 0.29) is 11.7 Å². The molecule has 1 saturated heterocycles. The fraction of sp³-hybridized carbons (Fsp3) is 0.400. The van der Waals surface area contributed by atoms with Gasteiger partial charge in [0.15, 0.2) is 16.1 Å². The molecular weight excluding hydrogens is 468 g/mol. The number of rotatable bonds is 8. The van der Waals surface area contributed by atoms with Crippen LogP contribution in [0, 0.1) is 0 Å². The summed E-state index contributed by atoms with van der Waals surface area (Å²) in [6, 6.07) is 6.78. The molecule has 32 heavy (non-hydrogen) atoms. The van der Waals surface area contributed by atoms with Crippen LogP contribution in [-0.2, 0) is 21.4 Å². The van der Waals surface area contributed by atoms with Crippen molar-refractivity contribution in [3.63, 3.8) is 0 Å². The van der Waals surface area contributed by atoms with Crippen molar-refractivity contribution in [2.75, 3.05) is 24.2 Å². The van der Waals surface area contributed by atoms with Crippen LogP contribution in [0.4, 0.5) is 5.13 Å². The lowest BCUT2D eigenvalue weighted by atomic mass is 10.2. The highest BCUT2D eigenvalue weighted by Crippen LogP contribution is 2.27. The Bertz CT molecular complexity index is 1150. The molecule has 1 aliphatic rings. The molecule has 1 amide bonds. The number of thioether (sulfide) groups is 1. The van der Waals surface area contributed by atoms with Crippen molar-refractivity contribution in [1.29, 1.82) is 0 Å². The second-order valence-electron chi connectivity index (χ2n) is 7.21. The minimum absolute atomic E-state index is 0.163. The Hall–Kier alpha value is -2.28. The zero-order chi connectivity index (χ0) is 22.6. The smallest absolute Gasteiger partial charge is 0.243 e. The summed E-state index contributed by atoms with van der Waals surface area (Å²) in [7, 11) is -3.47. The SMILES string of the molecule is CCn1c(SCC(=O)Nc2nccs2)nnc1-c1ccc(S(=O)(=O)N2CCCCC2)cc1. The van der Waals surface area contributed by atoms with Gasteiger partial charge in [-0.15, -0.1) is 21.5 Å². The third-order valence-electron chi connectivity index (χ3n) is 5.11. The first kappa shape index (κ1) is 22.9. The molecule has 12 heteroatoms. The van der Waals surface area contributed by atoms with E-state index in [9.17, 15) is 13.2 Å². The standard InChI is InChI=1S/C20H24N6O3S3/c1-2-26-18(23-24-20(26)31-14-17(27)22-19-21-10-13-30-19)15-6-8-16(9-7-15)32(28,29)25-11-4-3-5-12-25/h6-10,13H,2-5,11-12,14H2,1H3,(H,21,22,27). The molecule has 1 aromatic carbocycles. The lowest BCUT2D eigenvalue weighted by Gasteiger charge is -2.25. The van der Waals surface area contributed by atoms with Gasteiger partial charge < -0.3 is 9.88 Å². The minimum atomic E-state index is -3.47. The van der Waals surface area contributed by atoms with Crippen LogP contribution >= 0.6 is 23.1 Å². The largest absolute Gasteiger partial charge is 0.302 e. The molecule has 3 heterocycles. The molecule has 0 atom stereocenters. The van der Waals surface area contributed by atoms with Gasteiger partial charge in [-0.05, 0) is 44.0 Å². The second-order valence-corrected chi connectivity index (χ2v) is 11.0. The van der Waals surface area contributed by atoms with Gasteiger partial charge in [0.25, 0.3) is 0 Å². The number of thiazole rings is 1. The number of hydrogen-bond donors (Lipinski definition) is 1. The predicted molar refractivity (Wildman–Crippen MR) is 125 cm³/mol. The van der Waals surface area contributed by atoms with Crippen LogP contribution in [0.2, 0.25) is 0 Å². The van der Waals surface area contributed by atoms with Crippen molar-refractivity contribution in [1.82, 2.24) is 24.1 Å². The number of carbonyl (C=O) groups is 1. The summed E-state index contributed by atoms with van der Waals surface area (Å²) in [6.45, 7) is 3.74. The minimum Gasteiger partial charge on any atom is -0.302 e. The van der Waals surface area contributed by atoms with Crippen LogP contribution < -0.4 is 5.32 Å². The average Bonchev–Trinajstić information content (AvgIpc) is 3.48. The molecule has 0 saturated carbocycles. The molecule has 0 radical (unpaired) electrons. The van der Waals surface area contributed by atoms with E-state index in [4.69, 9.17) is 0 Å². The van der Waals surface area contributed by atoms with Gasteiger partial charge in [0.1, 0.15) is 0 Å². The highest BCUT2D eigenvalue weighted by molar-refractivity contribution is 7.99. The van der Waals surface area contributed by atoms with Gasteiger partial charge in [-0.1, -0.05) is 18.2 Å². The van der Waals surface area contributed by atoms with Gasteiger partial charge in [0.05, 0.1) is 10.6 Å². The van der Waals surface area contributed by atoms with Gasteiger partial charge in [0.2, 0.25) is 15.9 Å². The lowest BCUT2D eigenvalue weighted by molar-refractivity contribution is -0.113. The van der Waals surface area contributed by atoms with Crippen LogP contribution in [0.15, 0.2) is 45.9 Å². The zero-order valence-electron chi connectivity index (χ0n) is 17.6. The Morgan fingerprint density at radius 2 is 1.91 bits per heavy atom. The van der Waals surface area contributed by atoms with Gasteiger partial charge >= 0.3 is 0 Å². The lowest BCUT2D eigenvalue weighted by Crippen LogP contribution is -2.35. The molecule has 4 rings (SSSR count). The molecule has 3 aromatic rings. The molecular formula is C20H24N6O3S3. The number of amides is 1. The molecule has 0 spiro atoms. The Morgan fingerprint density at radius 3 is 2.56 bits per heavy atom. The number of hydrogen-bond acceptors (Lipinski definition) is 8. The topological polar surface area (TPSA) is 110 Å². The Morgan fingerprint density at radius 1 is 1.16 bits per heavy atom. The fourth-order valence-electron chi connectivity index (χ4n) is 3.50. The Labute approximate surface area is 195 Å². The van der Waals surface area contributed by atoms with E-state index in [2.05, 4.69) is 20.5 Å². The van der Waals surface area contributed by atoms with Crippen LogP contribution in [0.1, 0.15) is 26.2 Å². The number of benzene rings is 1. The Kier molecular flexibility index (Phi) is 7.23. The maximum Gasteiger partial charge on any atom is 0.243 e. The molecule has 1 aliphatic heterocycles. The molecule has 0 unspecified atom stereocenters. The summed E-state index contributed by atoms with van der Waals surface area (Å²) in [6.07, 6.45) is 4.51. The van der Waals surface area contributed by atoms with Crippen LogP contribution in [0.5, 0.6) is 0 Å². The number of nitrogens with one attached hydrogen (secondary N) is 1. The first-order valence-electron chi connectivity index (χ1n) is 10.3. The molecule has 1 N–H and O–H groups in total. The first-order valence-corrected chi connectivity index (χ1v) is 13.7. The maximum atomic E-state index is 12.9. The van der Waals surface area contributed by atoms with E-state index in [1.807, 2.05) is 11.5 Å². The molecule has 2 aromatic heterocycles. The van der Waals surface area contributed by atoms with Gasteiger partial charge in [-0.2, -0.15) is 4.31 Å². The third kappa shape index (κ3) is 5.03. The summed E-state index contributed by atoms with van der Waals surface area (Å²) in [5.41, 5.74) is 0.774. The number of sulfonamides is 1. The first-order chi connectivity index (χ1) is 15.5. The molecule has 170 valence electrons.